The van der Waals surface area contributed by atoms with Gasteiger partial charge in [0, 0.05) is 58.3 Å². The fourth-order valence-electron chi connectivity index (χ4n) is 2.38. The molecular formula is C13H25N5O. The van der Waals surface area contributed by atoms with Crippen molar-refractivity contribution in [3.8, 4) is 0 Å². The highest BCUT2D eigenvalue weighted by Gasteiger charge is 2.22. The Balaban J connectivity index is 1.85. The van der Waals surface area contributed by atoms with Gasteiger partial charge in [0.15, 0.2) is 0 Å². The third-order valence-electron chi connectivity index (χ3n) is 3.73. The molecule has 0 bridgehead atoms. The maximum atomic E-state index is 5.10. The molecule has 0 aliphatic carbocycles. The molecule has 1 aromatic rings. The first-order valence-corrected chi connectivity index (χ1v) is 6.83. The molecule has 1 atom stereocenters. The molecule has 1 aromatic heterocycles. The zero-order chi connectivity index (χ0) is 13.7. The Morgan fingerprint density at radius 1 is 1.42 bits per heavy atom. The number of aromatic nitrogens is 2. The van der Waals surface area contributed by atoms with Gasteiger partial charge in [0.05, 0.1) is 6.61 Å². The van der Waals surface area contributed by atoms with E-state index >= 15 is 0 Å². The number of anilines is 1. The first kappa shape index (κ1) is 14.3. The monoisotopic (exact) mass is 267 g/mol. The minimum Gasteiger partial charge on any atom is -0.383 e. The maximum absolute atomic E-state index is 5.10. The molecule has 2 heterocycles. The molecule has 0 saturated carbocycles. The van der Waals surface area contributed by atoms with Crippen molar-refractivity contribution < 1.29 is 4.74 Å². The minimum absolute atomic E-state index is 0.534. The summed E-state index contributed by atoms with van der Waals surface area (Å²) >= 11 is 0. The van der Waals surface area contributed by atoms with Gasteiger partial charge in [-0.15, -0.1) is 0 Å². The van der Waals surface area contributed by atoms with Gasteiger partial charge in [0.25, 0.3) is 0 Å². The van der Waals surface area contributed by atoms with E-state index in [0.717, 1.165) is 38.7 Å². The van der Waals surface area contributed by atoms with Crippen molar-refractivity contribution in [2.75, 3.05) is 59.3 Å². The smallest absolute Gasteiger partial charge is 0.202 e. The van der Waals surface area contributed by atoms with Gasteiger partial charge < -0.3 is 19.5 Å². The third kappa shape index (κ3) is 3.92. The van der Waals surface area contributed by atoms with E-state index < -0.39 is 0 Å². The topological polar surface area (TPSA) is 45.6 Å². The van der Waals surface area contributed by atoms with E-state index in [4.69, 9.17) is 4.74 Å². The molecule has 1 N–H and O–H groups in total. The number of methoxy groups -OCH3 is 1. The summed E-state index contributed by atoms with van der Waals surface area (Å²) < 4.78 is 7.20. The lowest BCUT2D eigenvalue weighted by molar-refractivity contribution is 0.121. The largest absolute Gasteiger partial charge is 0.383 e. The predicted octanol–water partition coefficient (Wildman–Crippen LogP) is 0.187. The van der Waals surface area contributed by atoms with E-state index in [0.29, 0.717) is 12.6 Å². The second-order valence-electron chi connectivity index (χ2n) is 5.21. The average Bonchev–Trinajstić information content (AvgIpc) is 2.85. The Morgan fingerprint density at radius 2 is 2.26 bits per heavy atom. The van der Waals surface area contributed by atoms with E-state index in [1.165, 1.54) is 0 Å². The van der Waals surface area contributed by atoms with Gasteiger partial charge in [-0.1, -0.05) is 0 Å². The Labute approximate surface area is 115 Å². The molecule has 0 spiro atoms. The molecule has 1 aliphatic heterocycles. The zero-order valence-corrected chi connectivity index (χ0v) is 12.2. The fourth-order valence-corrected chi connectivity index (χ4v) is 2.38. The highest BCUT2D eigenvalue weighted by atomic mass is 16.5. The lowest BCUT2D eigenvalue weighted by atomic mass is 10.2. The van der Waals surface area contributed by atoms with Crippen LogP contribution in [0, 0.1) is 0 Å². The van der Waals surface area contributed by atoms with Gasteiger partial charge >= 0.3 is 0 Å². The van der Waals surface area contributed by atoms with Crippen molar-refractivity contribution in [3.63, 3.8) is 0 Å². The number of imidazole rings is 1. The molecule has 2 rings (SSSR count). The normalized spacial score (nSPS) is 21.7. The highest BCUT2D eigenvalue weighted by molar-refractivity contribution is 5.26. The molecule has 6 nitrogen and oxygen atoms in total. The number of likely N-dealkylation sites (N-methyl/N-ethyl adjacent to an activating group) is 2. The molecule has 19 heavy (non-hydrogen) atoms. The minimum atomic E-state index is 0.534. The molecular weight excluding hydrogens is 242 g/mol. The summed E-state index contributed by atoms with van der Waals surface area (Å²) in [6.07, 6.45) is 3.81. The van der Waals surface area contributed by atoms with Crippen LogP contribution in [0.25, 0.3) is 0 Å². The van der Waals surface area contributed by atoms with Crippen molar-refractivity contribution >= 4 is 5.95 Å². The van der Waals surface area contributed by atoms with E-state index in [1.807, 2.05) is 12.4 Å². The standard InChI is InChI=1S/C13H25N5O/c1-16-6-7-17(2)12(11-16)10-15-13-14-4-5-18(13)8-9-19-3/h4-5,12H,6-11H2,1-3H3,(H,14,15). The summed E-state index contributed by atoms with van der Waals surface area (Å²) in [4.78, 5) is 9.15. The number of piperazine rings is 1. The van der Waals surface area contributed by atoms with Gasteiger partial charge in [-0.2, -0.15) is 0 Å². The second kappa shape index (κ2) is 6.88. The van der Waals surface area contributed by atoms with E-state index in [2.05, 4.69) is 38.8 Å². The predicted molar refractivity (Wildman–Crippen MR) is 76.5 cm³/mol. The molecule has 0 amide bonds. The molecule has 1 fully saturated rings. The van der Waals surface area contributed by atoms with E-state index in [1.54, 1.807) is 7.11 Å². The van der Waals surface area contributed by atoms with Crippen molar-refractivity contribution in [3.05, 3.63) is 12.4 Å². The number of nitrogens with one attached hydrogen (secondary N) is 1. The van der Waals surface area contributed by atoms with Crippen LogP contribution in [0.15, 0.2) is 12.4 Å². The molecule has 1 aliphatic rings. The van der Waals surface area contributed by atoms with Crippen molar-refractivity contribution in [2.24, 2.45) is 0 Å². The number of hydrogen-bond acceptors (Lipinski definition) is 5. The molecule has 108 valence electrons. The SMILES string of the molecule is COCCn1ccnc1NCC1CN(C)CCN1C. The Kier molecular flexibility index (Phi) is 5.18. The molecule has 1 saturated heterocycles. The number of hydrogen-bond donors (Lipinski definition) is 1. The van der Waals surface area contributed by atoms with E-state index in [-0.39, 0.29) is 0 Å². The van der Waals surface area contributed by atoms with Crippen molar-refractivity contribution in [2.45, 2.75) is 12.6 Å². The summed E-state index contributed by atoms with van der Waals surface area (Å²) in [6, 6.07) is 0.534. The number of nitrogens with zero attached hydrogens (tertiary/aromatic N) is 4. The average molecular weight is 267 g/mol. The van der Waals surface area contributed by atoms with Gasteiger partial charge in [-0.3, -0.25) is 4.90 Å². The van der Waals surface area contributed by atoms with Gasteiger partial charge in [0.2, 0.25) is 5.95 Å². The third-order valence-corrected chi connectivity index (χ3v) is 3.73. The van der Waals surface area contributed by atoms with E-state index in [9.17, 15) is 0 Å². The highest BCUT2D eigenvalue weighted by Crippen LogP contribution is 2.09. The van der Waals surface area contributed by atoms with Gasteiger partial charge in [-0.05, 0) is 14.1 Å². The number of ether oxygens (including phenoxy) is 1. The summed E-state index contributed by atoms with van der Waals surface area (Å²) in [5, 5.41) is 3.45. The Bertz CT molecular complexity index is 381. The molecule has 1 unspecified atom stereocenters. The van der Waals surface area contributed by atoms with Crippen LogP contribution in [0.1, 0.15) is 0 Å². The van der Waals surface area contributed by atoms with Gasteiger partial charge in [-0.25, -0.2) is 4.98 Å². The molecule has 0 aromatic carbocycles. The van der Waals surface area contributed by atoms with Crippen molar-refractivity contribution in [1.29, 1.82) is 0 Å². The maximum Gasteiger partial charge on any atom is 0.202 e. The van der Waals surface area contributed by atoms with Crippen LogP contribution >= 0.6 is 0 Å². The van der Waals surface area contributed by atoms with Crippen molar-refractivity contribution in [1.82, 2.24) is 19.4 Å². The molecule has 6 heteroatoms. The summed E-state index contributed by atoms with van der Waals surface area (Å²) in [5.41, 5.74) is 0. The Hall–Kier alpha value is -1.11. The molecule has 0 radical (unpaired) electrons. The quantitative estimate of drug-likeness (QED) is 0.797. The summed E-state index contributed by atoms with van der Waals surface area (Å²) in [5.74, 6) is 0.929. The number of rotatable bonds is 6. The van der Waals surface area contributed by atoms with Crippen LogP contribution in [0.5, 0.6) is 0 Å². The Morgan fingerprint density at radius 3 is 3.05 bits per heavy atom. The van der Waals surface area contributed by atoms with Crippen LogP contribution in [0.2, 0.25) is 0 Å². The lowest BCUT2D eigenvalue weighted by Gasteiger charge is -2.37. The lowest BCUT2D eigenvalue weighted by Crippen LogP contribution is -2.52. The summed E-state index contributed by atoms with van der Waals surface area (Å²) in [6.45, 7) is 5.83. The second-order valence-corrected chi connectivity index (χ2v) is 5.21. The van der Waals surface area contributed by atoms with Crippen LogP contribution in [-0.2, 0) is 11.3 Å². The zero-order valence-electron chi connectivity index (χ0n) is 12.2. The van der Waals surface area contributed by atoms with Gasteiger partial charge in [0.1, 0.15) is 0 Å². The first-order valence-electron chi connectivity index (χ1n) is 6.83. The van der Waals surface area contributed by atoms with Crippen LogP contribution in [0.4, 0.5) is 5.95 Å². The van der Waals surface area contributed by atoms with Crippen LogP contribution < -0.4 is 5.32 Å². The van der Waals surface area contributed by atoms with Crippen LogP contribution in [0.3, 0.4) is 0 Å². The first-order chi connectivity index (χ1) is 9.20. The van der Waals surface area contributed by atoms with Crippen LogP contribution in [-0.4, -0.2) is 79.4 Å². The fraction of sp³-hybridized carbons (Fsp3) is 0.769. The summed E-state index contributed by atoms with van der Waals surface area (Å²) in [7, 11) is 6.09.